The lowest BCUT2D eigenvalue weighted by Crippen LogP contribution is -2.12. The molecule has 0 aromatic heterocycles. The molecule has 0 saturated heterocycles. The molecule has 0 aliphatic carbocycles. The molecule has 0 bridgehead atoms. The third kappa shape index (κ3) is 2.92. The van der Waals surface area contributed by atoms with Crippen LogP contribution in [0.5, 0.6) is 0 Å². The topological polar surface area (TPSA) is 38.4 Å². The summed E-state index contributed by atoms with van der Waals surface area (Å²) in [7, 11) is 0. The number of halogens is 4. The molecule has 0 atom stereocenters. The summed E-state index contributed by atoms with van der Waals surface area (Å²) >= 11 is 22.8. The minimum atomic E-state index is 0.135. The quantitative estimate of drug-likeness (QED) is 0.377. The van der Waals surface area contributed by atoms with Gasteiger partial charge in [0.15, 0.2) is 0 Å². The number of aliphatic imine (C=N–C) groups is 1. The van der Waals surface area contributed by atoms with Crippen molar-refractivity contribution in [3.8, 4) is 0 Å². The molecule has 0 saturated carbocycles. The predicted octanol–water partition coefficient (Wildman–Crippen LogP) is 3.87. The zero-order valence-corrected chi connectivity index (χ0v) is 9.92. The number of hydrogen-bond acceptors (Lipinski definition) is 1. The third-order valence-electron chi connectivity index (χ3n) is 1.39. The number of alkyl halides is 1. The molecule has 0 radical (unpaired) electrons. The normalized spacial score (nSPS) is 11.9. The van der Waals surface area contributed by atoms with Crippen LogP contribution in [-0.2, 0) is 0 Å². The van der Waals surface area contributed by atoms with Gasteiger partial charge < -0.3 is 5.73 Å². The van der Waals surface area contributed by atoms with Crippen LogP contribution in [0, 0.1) is 0 Å². The van der Waals surface area contributed by atoms with E-state index in [1.165, 1.54) is 12.1 Å². The second kappa shape index (κ2) is 5.08. The number of rotatable bonds is 2. The zero-order chi connectivity index (χ0) is 10.7. The van der Waals surface area contributed by atoms with E-state index in [1.807, 2.05) is 0 Å². The standard InChI is InChI=1S/C8H6Cl4N2/c9-3-8(13)14-7-2-5(11)4(10)1-6(7)12/h1-2H,3H2,(H2,13,14). The second-order valence-electron chi connectivity index (χ2n) is 2.45. The Morgan fingerprint density at radius 2 is 1.71 bits per heavy atom. The Balaban J connectivity index is 3.16. The molecule has 0 fully saturated rings. The van der Waals surface area contributed by atoms with E-state index in [9.17, 15) is 0 Å². The SMILES string of the molecule is NC(CCl)=Nc1cc(Cl)c(Cl)cc1Cl. The molecular weight excluding hydrogens is 266 g/mol. The van der Waals surface area contributed by atoms with Gasteiger partial charge in [-0.05, 0) is 12.1 Å². The van der Waals surface area contributed by atoms with Gasteiger partial charge in [-0.1, -0.05) is 34.8 Å². The Hall–Kier alpha value is -0.150. The van der Waals surface area contributed by atoms with E-state index < -0.39 is 0 Å². The molecule has 0 aliphatic heterocycles. The van der Waals surface area contributed by atoms with Crippen molar-refractivity contribution < 1.29 is 0 Å². The van der Waals surface area contributed by atoms with Crippen LogP contribution in [0.25, 0.3) is 0 Å². The maximum Gasteiger partial charge on any atom is 0.115 e. The van der Waals surface area contributed by atoms with Crippen molar-refractivity contribution >= 4 is 57.9 Å². The maximum atomic E-state index is 5.85. The van der Waals surface area contributed by atoms with Gasteiger partial charge in [0.05, 0.1) is 26.6 Å². The van der Waals surface area contributed by atoms with E-state index in [-0.39, 0.29) is 11.7 Å². The first-order valence-corrected chi connectivity index (χ1v) is 5.25. The molecule has 1 aromatic rings. The fraction of sp³-hybridized carbons (Fsp3) is 0.125. The largest absolute Gasteiger partial charge is 0.386 e. The van der Waals surface area contributed by atoms with Crippen LogP contribution >= 0.6 is 46.4 Å². The summed E-state index contributed by atoms with van der Waals surface area (Å²) in [6.45, 7) is 0. The lowest BCUT2D eigenvalue weighted by molar-refractivity contribution is 1.45. The smallest absolute Gasteiger partial charge is 0.115 e. The molecule has 0 heterocycles. The summed E-state index contributed by atoms with van der Waals surface area (Å²) in [4.78, 5) is 3.97. The first kappa shape index (κ1) is 11.9. The molecule has 0 aliphatic rings. The first-order chi connectivity index (χ1) is 6.54. The monoisotopic (exact) mass is 270 g/mol. The predicted molar refractivity (Wildman–Crippen MR) is 63.5 cm³/mol. The van der Waals surface area contributed by atoms with E-state index in [2.05, 4.69) is 4.99 Å². The Morgan fingerprint density at radius 1 is 1.14 bits per heavy atom. The van der Waals surface area contributed by atoms with Gasteiger partial charge in [-0.15, -0.1) is 11.6 Å². The highest BCUT2D eigenvalue weighted by Gasteiger charge is 2.05. The minimum Gasteiger partial charge on any atom is -0.386 e. The summed E-state index contributed by atoms with van der Waals surface area (Å²) < 4.78 is 0. The van der Waals surface area contributed by atoms with Gasteiger partial charge in [0.2, 0.25) is 0 Å². The molecule has 6 heteroatoms. The molecule has 1 aromatic carbocycles. The van der Waals surface area contributed by atoms with Gasteiger partial charge in [-0.2, -0.15) is 0 Å². The lowest BCUT2D eigenvalue weighted by Gasteiger charge is -2.02. The molecule has 0 amide bonds. The molecule has 1 rings (SSSR count). The highest BCUT2D eigenvalue weighted by molar-refractivity contribution is 6.44. The van der Waals surface area contributed by atoms with Crippen molar-refractivity contribution in [1.82, 2.24) is 0 Å². The molecule has 0 spiro atoms. The Kier molecular flexibility index (Phi) is 4.32. The highest BCUT2D eigenvalue weighted by atomic mass is 35.5. The molecular formula is C8H6Cl4N2. The van der Waals surface area contributed by atoms with Gasteiger partial charge in [0, 0.05) is 0 Å². The summed E-state index contributed by atoms with van der Waals surface area (Å²) in [5.41, 5.74) is 5.90. The van der Waals surface area contributed by atoms with E-state index in [4.69, 9.17) is 52.1 Å². The fourth-order valence-electron chi connectivity index (χ4n) is 0.782. The van der Waals surface area contributed by atoms with E-state index in [1.54, 1.807) is 0 Å². The van der Waals surface area contributed by atoms with Gasteiger partial charge >= 0.3 is 0 Å². The van der Waals surface area contributed by atoms with E-state index in [0.29, 0.717) is 20.8 Å². The van der Waals surface area contributed by atoms with Gasteiger partial charge in [-0.3, -0.25) is 0 Å². The number of hydrogen-bond donors (Lipinski definition) is 1. The van der Waals surface area contributed by atoms with Crippen LogP contribution in [0.4, 0.5) is 5.69 Å². The van der Waals surface area contributed by atoms with Crippen molar-refractivity contribution in [2.45, 2.75) is 0 Å². The fourth-order valence-corrected chi connectivity index (χ4v) is 1.43. The molecule has 14 heavy (non-hydrogen) atoms. The number of benzene rings is 1. The molecule has 0 unspecified atom stereocenters. The van der Waals surface area contributed by atoms with Gasteiger partial charge in [0.25, 0.3) is 0 Å². The van der Waals surface area contributed by atoms with Crippen molar-refractivity contribution in [2.24, 2.45) is 10.7 Å². The summed E-state index contributed by atoms with van der Waals surface area (Å²) in [6.07, 6.45) is 0. The Morgan fingerprint density at radius 3 is 2.29 bits per heavy atom. The van der Waals surface area contributed by atoms with Crippen molar-refractivity contribution in [3.63, 3.8) is 0 Å². The Bertz CT molecular complexity index is 376. The van der Waals surface area contributed by atoms with E-state index >= 15 is 0 Å². The lowest BCUT2D eigenvalue weighted by atomic mass is 10.3. The third-order valence-corrected chi connectivity index (χ3v) is 2.69. The van der Waals surface area contributed by atoms with Crippen molar-refractivity contribution in [2.75, 3.05) is 5.88 Å². The van der Waals surface area contributed by atoms with Crippen molar-refractivity contribution in [3.05, 3.63) is 27.2 Å². The number of amidine groups is 1. The highest BCUT2D eigenvalue weighted by Crippen LogP contribution is 2.33. The van der Waals surface area contributed by atoms with Crippen LogP contribution in [0.3, 0.4) is 0 Å². The van der Waals surface area contributed by atoms with Crippen molar-refractivity contribution in [1.29, 1.82) is 0 Å². The Labute approximate surface area is 102 Å². The zero-order valence-electron chi connectivity index (χ0n) is 6.90. The van der Waals surface area contributed by atoms with Crippen LogP contribution in [0.1, 0.15) is 0 Å². The van der Waals surface area contributed by atoms with Crippen LogP contribution < -0.4 is 5.73 Å². The average Bonchev–Trinajstić information content (AvgIpc) is 2.14. The number of nitrogens with two attached hydrogens (primary N) is 1. The van der Waals surface area contributed by atoms with Crippen LogP contribution in [0.15, 0.2) is 17.1 Å². The number of nitrogens with zero attached hydrogens (tertiary/aromatic N) is 1. The molecule has 76 valence electrons. The molecule has 2 nitrogen and oxygen atoms in total. The summed E-state index contributed by atoms with van der Waals surface area (Å²) in [5.74, 6) is 0.406. The molecule has 2 N–H and O–H groups in total. The minimum absolute atomic E-state index is 0.135. The maximum absolute atomic E-state index is 5.85. The average molecular weight is 272 g/mol. The van der Waals surface area contributed by atoms with Crippen LogP contribution in [0.2, 0.25) is 15.1 Å². The van der Waals surface area contributed by atoms with Gasteiger partial charge in [0.1, 0.15) is 5.84 Å². The summed E-state index contributed by atoms with van der Waals surface area (Å²) in [5, 5.41) is 1.13. The summed E-state index contributed by atoms with van der Waals surface area (Å²) in [6, 6.07) is 3.04. The first-order valence-electron chi connectivity index (χ1n) is 3.58. The van der Waals surface area contributed by atoms with Gasteiger partial charge in [-0.25, -0.2) is 4.99 Å². The van der Waals surface area contributed by atoms with E-state index in [0.717, 1.165) is 0 Å². The second-order valence-corrected chi connectivity index (χ2v) is 3.94. The van der Waals surface area contributed by atoms with Crippen LogP contribution in [-0.4, -0.2) is 11.7 Å².